The topological polar surface area (TPSA) is 120 Å². The first-order chi connectivity index (χ1) is 25.1. The van der Waals surface area contributed by atoms with Gasteiger partial charge in [0, 0.05) is 12.5 Å². The number of esters is 1. The number of carbonyl (C=O) groups excluding carboxylic acids is 2. The summed E-state index contributed by atoms with van der Waals surface area (Å²) in [6.07, 6.45) is 15.9. The lowest BCUT2D eigenvalue weighted by Gasteiger charge is -2.36. The second-order valence-electron chi connectivity index (χ2n) is 14.9. The average Bonchev–Trinajstić information content (AvgIpc) is 3.12. The summed E-state index contributed by atoms with van der Waals surface area (Å²) >= 11 is 0. The Bertz CT molecular complexity index is 1270. The van der Waals surface area contributed by atoms with Gasteiger partial charge in [-0.1, -0.05) is 116 Å². The van der Waals surface area contributed by atoms with Gasteiger partial charge < -0.3 is 30.4 Å². The molecular formula is C44H72N2O6. The third-order valence-corrected chi connectivity index (χ3v) is 10.0. The van der Waals surface area contributed by atoms with Crippen molar-refractivity contribution in [2.45, 2.75) is 174 Å². The highest BCUT2D eigenvalue weighted by Gasteiger charge is 2.36. The standard InChI is InChI=1S/C44H72N2O6/c1-6-10-12-14-16-30-50-39-22-18-20-37(32-39)24-28-43(26-8-3,46-36(5)47)35-52-42(49)34-41(48)44(45,27-9-4)29-25-38-21-19-23-40(33-38)51-31-17-15-13-11-7-2/h18-23,32-33,41,48H,6-17,24-31,34-35,45H2,1-5H3,(H,46,47). The van der Waals surface area contributed by atoms with Crippen LogP contribution in [0.15, 0.2) is 48.5 Å². The number of amides is 1. The molecule has 294 valence electrons. The van der Waals surface area contributed by atoms with E-state index in [0.717, 1.165) is 48.3 Å². The molecule has 1 amide bonds. The third-order valence-electron chi connectivity index (χ3n) is 10.0. The van der Waals surface area contributed by atoms with Crippen molar-refractivity contribution in [3.05, 3.63) is 59.7 Å². The van der Waals surface area contributed by atoms with Crippen LogP contribution in [-0.2, 0) is 27.2 Å². The number of aliphatic hydroxyl groups is 1. The predicted octanol–water partition coefficient (Wildman–Crippen LogP) is 9.42. The maximum absolute atomic E-state index is 13.3. The molecule has 8 heteroatoms. The molecule has 2 aromatic rings. The molecule has 0 saturated carbocycles. The Morgan fingerprint density at radius 3 is 1.73 bits per heavy atom. The van der Waals surface area contributed by atoms with Gasteiger partial charge in [0.2, 0.25) is 5.91 Å². The molecule has 2 rings (SSSR count). The molecule has 4 N–H and O–H groups in total. The van der Waals surface area contributed by atoms with Crippen LogP contribution in [0.2, 0.25) is 0 Å². The fourth-order valence-corrected chi connectivity index (χ4v) is 6.98. The molecule has 52 heavy (non-hydrogen) atoms. The molecule has 0 radical (unpaired) electrons. The SMILES string of the molecule is CCCCCCCOc1cccc(CCC(CCC)(COC(=O)CC(O)C(N)(CCC)CCc2cccc(OCCCCCCC)c2)NC(C)=O)c1. The first-order valence-electron chi connectivity index (χ1n) is 20.4. The number of rotatable bonds is 30. The largest absolute Gasteiger partial charge is 0.494 e. The Balaban J connectivity index is 1.99. The van der Waals surface area contributed by atoms with Gasteiger partial charge in [-0.3, -0.25) is 9.59 Å². The first kappa shape index (κ1) is 45.1. The summed E-state index contributed by atoms with van der Waals surface area (Å²) in [6.45, 7) is 11.4. The molecule has 0 aliphatic heterocycles. The summed E-state index contributed by atoms with van der Waals surface area (Å²) in [7, 11) is 0. The van der Waals surface area contributed by atoms with E-state index in [0.29, 0.717) is 51.7 Å². The van der Waals surface area contributed by atoms with Crippen molar-refractivity contribution in [3.63, 3.8) is 0 Å². The minimum Gasteiger partial charge on any atom is -0.494 e. The Morgan fingerprint density at radius 1 is 0.712 bits per heavy atom. The Labute approximate surface area is 316 Å². The number of aryl methyl sites for hydroxylation is 2. The molecule has 0 aliphatic carbocycles. The van der Waals surface area contributed by atoms with Crippen LogP contribution < -0.4 is 20.5 Å². The molecule has 0 heterocycles. The fourth-order valence-electron chi connectivity index (χ4n) is 6.98. The number of nitrogens with one attached hydrogen (secondary N) is 1. The van der Waals surface area contributed by atoms with Gasteiger partial charge >= 0.3 is 5.97 Å². The van der Waals surface area contributed by atoms with Crippen molar-refractivity contribution >= 4 is 11.9 Å². The molecule has 0 aliphatic rings. The van der Waals surface area contributed by atoms with E-state index in [2.05, 4.69) is 44.3 Å². The molecule has 0 fully saturated rings. The minimum atomic E-state index is -1.07. The van der Waals surface area contributed by atoms with Gasteiger partial charge in [0.15, 0.2) is 0 Å². The smallest absolute Gasteiger partial charge is 0.308 e. The third kappa shape index (κ3) is 18.1. The van der Waals surface area contributed by atoms with E-state index in [4.69, 9.17) is 19.9 Å². The van der Waals surface area contributed by atoms with E-state index < -0.39 is 23.2 Å². The number of carbonyl (C=O) groups is 2. The summed E-state index contributed by atoms with van der Waals surface area (Å²) in [6, 6.07) is 16.2. The second-order valence-corrected chi connectivity index (χ2v) is 14.9. The summed E-state index contributed by atoms with van der Waals surface area (Å²) < 4.78 is 17.9. The first-order valence-corrected chi connectivity index (χ1v) is 20.4. The van der Waals surface area contributed by atoms with Crippen LogP contribution in [0.1, 0.15) is 155 Å². The van der Waals surface area contributed by atoms with Crippen LogP contribution in [0.25, 0.3) is 0 Å². The van der Waals surface area contributed by atoms with Gasteiger partial charge in [-0.2, -0.15) is 0 Å². The predicted molar refractivity (Wildman–Crippen MR) is 213 cm³/mol. The molecule has 0 spiro atoms. The van der Waals surface area contributed by atoms with E-state index in [9.17, 15) is 14.7 Å². The minimum absolute atomic E-state index is 0.0245. The highest BCUT2D eigenvalue weighted by atomic mass is 16.5. The number of hydrogen-bond acceptors (Lipinski definition) is 7. The van der Waals surface area contributed by atoms with Crippen LogP contribution in [-0.4, -0.2) is 54.0 Å². The van der Waals surface area contributed by atoms with Gasteiger partial charge in [0.25, 0.3) is 0 Å². The highest BCUT2D eigenvalue weighted by molar-refractivity contribution is 5.74. The van der Waals surface area contributed by atoms with E-state index in [-0.39, 0.29) is 18.9 Å². The number of nitrogens with two attached hydrogens (primary N) is 1. The quantitative estimate of drug-likeness (QED) is 0.0542. The van der Waals surface area contributed by atoms with Crippen LogP contribution >= 0.6 is 0 Å². The van der Waals surface area contributed by atoms with Crippen molar-refractivity contribution in [2.24, 2.45) is 5.73 Å². The maximum Gasteiger partial charge on any atom is 0.308 e. The molecule has 3 unspecified atom stereocenters. The Morgan fingerprint density at radius 2 is 1.23 bits per heavy atom. The fraction of sp³-hybridized carbons (Fsp3) is 0.682. The van der Waals surface area contributed by atoms with Crippen LogP contribution in [0, 0.1) is 0 Å². The van der Waals surface area contributed by atoms with Gasteiger partial charge in [-0.15, -0.1) is 0 Å². The molecule has 8 nitrogen and oxygen atoms in total. The van der Waals surface area contributed by atoms with E-state index >= 15 is 0 Å². The number of aliphatic hydroxyl groups excluding tert-OH is 1. The van der Waals surface area contributed by atoms with Crippen LogP contribution in [0.5, 0.6) is 11.5 Å². The zero-order valence-corrected chi connectivity index (χ0v) is 33.3. The van der Waals surface area contributed by atoms with E-state index in [1.54, 1.807) is 0 Å². The number of ether oxygens (including phenoxy) is 3. The van der Waals surface area contributed by atoms with E-state index in [1.165, 1.54) is 58.3 Å². The summed E-state index contributed by atoms with van der Waals surface area (Å²) in [5.41, 5.74) is 7.35. The van der Waals surface area contributed by atoms with Crippen molar-refractivity contribution in [1.29, 1.82) is 0 Å². The van der Waals surface area contributed by atoms with Crippen molar-refractivity contribution < 1.29 is 28.9 Å². The van der Waals surface area contributed by atoms with Gasteiger partial charge in [-0.05, 0) is 86.8 Å². The van der Waals surface area contributed by atoms with Crippen molar-refractivity contribution in [1.82, 2.24) is 5.32 Å². The lowest BCUT2D eigenvalue weighted by Crippen LogP contribution is -2.53. The number of benzene rings is 2. The molecule has 0 saturated heterocycles. The van der Waals surface area contributed by atoms with Crippen molar-refractivity contribution in [3.8, 4) is 11.5 Å². The molecule has 0 bridgehead atoms. The molecule has 3 atom stereocenters. The second kappa shape index (κ2) is 25.8. The Hall–Kier alpha value is -3.10. The van der Waals surface area contributed by atoms with Crippen LogP contribution in [0.3, 0.4) is 0 Å². The number of unbranched alkanes of at least 4 members (excludes halogenated alkanes) is 8. The van der Waals surface area contributed by atoms with Gasteiger partial charge in [0.05, 0.1) is 31.3 Å². The maximum atomic E-state index is 13.3. The average molecular weight is 725 g/mol. The lowest BCUT2D eigenvalue weighted by molar-refractivity contribution is -0.150. The summed E-state index contributed by atoms with van der Waals surface area (Å²) in [4.78, 5) is 25.7. The zero-order valence-electron chi connectivity index (χ0n) is 33.3. The normalized spacial score (nSPS) is 14.2. The zero-order chi connectivity index (χ0) is 38.1. The van der Waals surface area contributed by atoms with Gasteiger partial charge in [-0.25, -0.2) is 0 Å². The molecule has 2 aromatic carbocycles. The van der Waals surface area contributed by atoms with E-state index in [1.807, 2.05) is 37.3 Å². The molecule has 0 aromatic heterocycles. The summed E-state index contributed by atoms with van der Waals surface area (Å²) in [5.74, 6) is 1.00. The van der Waals surface area contributed by atoms with Gasteiger partial charge in [0.1, 0.15) is 18.1 Å². The molecular weight excluding hydrogens is 652 g/mol. The Kier molecular flexibility index (Phi) is 22.4. The van der Waals surface area contributed by atoms with Crippen LogP contribution in [0.4, 0.5) is 0 Å². The monoisotopic (exact) mass is 725 g/mol. The lowest BCUT2D eigenvalue weighted by atomic mass is 9.81. The number of hydrogen-bond donors (Lipinski definition) is 3. The summed E-state index contributed by atoms with van der Waals surface area (Å²) in [5, 5.41) is 14.5. The highest BCUT2D eigenvalue weighted by Crippen LogP contribution is 2.27. The van der Waals surface area contributed by atoms with Crippen molar-refractivity contribution in [2.75, 3.05) is 19.8 Å².